The van der Waals surface area contributed by atoms with Crippen molar-refractivity contribution < 1.29 is 14.3 Å². The van der Waals surface area contributed by atoms with Crippen LogP contribution in [0.3, 0.4) is 0 Å². The summed E-state index contributed by atoms with van der Waals surface area (Å²) in [4.78, 5) is 26.3. The van der Waals surface area contributed by atoms with Gasteiger partial charge in [-0.3, -0.25) is 4.79 Å². The van der Waals surface area contributed by atoms with Gasteiger partial charge in [0, 0.05) is 26.1 Å². The summed E-state index contributed by atoms with van der Waals surface area (Å²) in [6, 6.07) is 0.399. The minimum Gasteiger partial charge on any atom is -0.459 e. The van der Waals surface area contributed by atoms with Crippen LogP contribution in [0.4, 0.5) is 4.79 Å². The van der Waals surface area contributed by atoms with Gasteiger partial charge in [0.2, 0.25) is 0 Å². The summed E-state index contributed by atoms with van der Waals surface area (Å²) in [5.41, 5.74) is -0.233. The number of nitrogens with zero attached hydrogens (tertiary/aromatic N) is 1. The molecule has 5 heteroatoms. The van der Waals surface area contributed by atoms with E-state index in [0.717, 1.165) is 38.8 Å². The second kappa shape index (κ2) is 5.92. The minimum atomic E-state index is -0.233. The highest BCUT2D eigenvalue weighted by atomic mass is 16.6. The first kappa shape index (κ1) is 16.2. The van der Waals surface area contributed by atoms with Gasteiger partial charge in [-0.25, -0.2) is 4.79 Å². The topological polar surface area (TPSA) is 58.6 Å². The van der Waals surface area contributed by atoms with Crippen molar-refractivity contribution in [3.8, 4) is 0 Å². The number of rotatable bonds is 2. The SMILES string of the molecule is CC(=O)OC12CC3CC(C1)C(NC(=O)N1CCC[C@H](C)C1)C(C3)C2. The lowest BCUT2D eigenvalue weighted by atomic mass is 9.52. The van der Waals surface area contributed by atoms with Gasteiger partial charge in [0.15, 0.2) is 0 Å². The number of nitrogens with one attached hydrogen (secondary N) is 1. The highest BCUT2D eigenvalue weighted by Gasteiger charge is 2.57. The molecule has 5 fully saturated rings. The molecule has 2 unspecified atom stereocenters. The van der Waals surface area contributed by atoms with Gasteiger partial charge in [-0.15, -0.1) is 0 Å². The van der Waals surface area contributed by atoms with Crippen molar-refractivity contribution in [1.82, 2.24) is 10.2 Å². The van der Waals surface area contributed by atoms with Crippen molar-refractivity contribution in [3.63, 3.8) is 0 Å². The van der Waals surface area contributed by atoms with E-state index in [2.05, 4.69) is 12.2 Å². The summed E-state index contributed by atoms with van der Waals surface area (Å²) in [6.07, 6.45) is 7.60. The molecule has 24 heavy (non-hydrogen) atoms. The van der Waals surface area contributed by atoms with Gasteiger partial charge in [0.05, 0.1) is 0 Å². The molecule has 0 radical (unpaired) electrons. The van der Waals surface area contributed by atoms with E-state index in [1.807, 2.05) is 4.90 Å². The van der Waals surface area contributed by atoms with Gasteiger partial charge in [-0.1, -0.05) is 6.92 Å². The monoisotopic (exact) mass is 334 g/mol. The smallest absolute Gasteiger partial charge is 0.317 e. The summed E-state index contributed by atoms with van der Waals surface area (Å²) >= 11 is 0. The van der Waals surface area contributed by atoms with Crippen molar-refractivity contribution in [3.05, 3.63) is 0 Å². The predicted molar refractivity (Wildman–Crippen MR) is 90.3 cm³/mol. The molecule has 1 N–H and O–H groups in total. The summed E-state index contributed by atoms with van der Waals surface area (Å²) in [7, 11) is 0. The van der Waals surface area contributed by atoms with E-state index >= 15 is 0 Å². The largest absolute Gasteiger partial charge is 0.459 e. The van der Waals surface area contributed by atoms with E-state index in [-0.39, 0.29) is 23.6 Å². The summed E-state index contributed by atoms with van der Waals surface area (Å²) in [6.45, 7) is 5.52. The van der Waals surface area contributed by atoms with Gasteiger partial charge in [0.25, 0.3) is 0 Å². The number of ether oxygens (including phenoxy) is 1. The van der Waals surface area contributed by atoms with Crippen molar-refractivity contribution >= 4 is 12.0 Å². The van der Waals surface area contributed by atoms with Crippen LogP contribution in [0.2, 0.25) is 0 Å². The van der Waals surface area contributed by atoms with Gasteiger partial charge in [0.1, 0.15) is 5.60 Å². The predicted octanol–water partition coefficient (Wildman–Crippen LogP) is 2.94. The Labute approximate surface area is 144 Å². The van der Waals surface area contributed by atoms with Gasteiger partial charge in [-0.05, 0) is 68.6 Å². The van der Waals surface area contributed by atoms with Crippen LogP contribution in [0.25, 0.3) is 0 Å². The molecule has 5 nitrogen and oxygen atoms in total. The normalized spacial score (nSPS) is 43.6. The van der Waals surface area contributed by atoms with Gasteiger partial charge < -0.3 is 15.0 Å². The first-order chi connectivity index (χ1) is 11.4. The van der Waals surface area contributed by atoms with Crippen LogP contribution in [-0.4, -0.2) is 41.6 Å². The molecule has 4 aliphatic carbocycles. The molecule has 4 bridgehead atoms. The molecule has 0 aromatic heterocycles. The summed E-state index contributed by atoms with van der Waals surface area (Å²) in [5.74, 6) is 2.07. The molecule has 0 aromatic rings. The summed E-state index contributed by atoms with van der Waals surface area (Å²) in [5, 5.41) is 3.37. The van der Waals surface area contributed by atoms with Crippen LogP contribution in [0.15, 0.2) is 0 Å². The van der Waals surface area contributed by atoms with E-state index < -0.39 is 0 Å². The van der Waals surface area contributed by atoms with E-state index in [1.165, 1.54) is 26.2 Å². The Morgan fingerprint density at radius 3 is 2.50 bits per heavy atom. The highest BCUT2D eigenvalue weighted by molar-refractivity contribution is 5.74. The standard InChI is InChI=1S/C19H30N2O3/c1-12-4-3-5-21(11-12)18(23)20-17-15-6-14-7-16(17)10-19(8-14,9-15)24-13(2)22/h12,14-17H,3-11H2,1-2H3,(H,20,23)/t12-,14?,15?,16?,17?,19?/m0/s1. The second-order valence-electron chi connectivity index (χ2n) is 8.92. The third-order valence-electron chi connectivity index (χ3n) is 6.81. The number of urea groups is 1. The summed E-state index contributed by atoms with van der Waals surface area (Å²) < 4.78 is 5.77. The molecule has 1 saturated heterocycles. The number of likely N-dealkylation sites (tertiary alicyclic amines) is 1. The number of piperidine rings is 1. The lowest BCUT2D eigenvalue weighted by molar-refractivity contribution is -0.188. The highest BCUT2D eigenvalue weighted by Crippen LogP contribution is 2.57. The lowest BCUT2D eigenvalue weighted by Crippen LogP contribution is -2.64. The Balaban J connectivity index is 1.43. The van der Waals surface area contributed by atoms with Crippen LogP contribution in [0, 0.1) is 23.7 Å². The zero-order valence-electron chi connectivity index (χ0n) is 14.9. The zero-order chi connectivity index (χ0) is 16.9. The molecular formula is C19H30N2O3. The molecule has 5 rings (SSSR count). The third kappa shape index (κ3) is 2.91. The molecule has 0 spiro atoms. The van der Waals surface area contributed by atoms with Gasteiger partial charge >= 0.3 is 12.0 Å². The van der Waals surface area contributed by atoms with Crippen molar-refractivity contribution in [1.29, 1.82) is 0 Å². The molecule has 0 aromatic carbocycles. The molecule has 3 atom stereocenters. The first-order valence-electron chi connectivity index (χ1n) is 9.69. The minimum absolute atomic E-state index is 0.126. The fourth-order valence-electron chi connectivity index (χ4n) is 6.22. The van der Waals surface area contributed by atoms with E-state index in [0.29, 0.717) is 23.7 Å². The molecular weight excluding hydrogens is 304 g/mol. The number of carbonyl (C=O) groups is 2. The average Bonchev–Trinajstić information content (AvgIpc) is 2.48. The Hall–Kier alpha value is -1.26. The van der Waals surface area contributed by atoms with E-state index in [4.69, 9.17) is 4.74 Å². The maximum Gasteiger partial charge on any atom is 0.317 e. The number of esters is 1. The second-order valence-corrected chi connectivity index (χ2v) is 8.92. The number of amides is 2. The molecule has 4 saturated carbocycles. The molecule has 2 amide bonds. The molecule has 134 valence electrons. The molecule has 5 aliphatic rings. The van der Waals surface area contributed by atoms with Crippen LogP contribution in [-0.2, 0) is 9.53 Å². The van der Waals surface area contributed by atoms with Crippen LogP contribution in [0.5, 0.6) is 0 Å². The Morgan fingerprint density at radius 1 is 1.17 bits per heavy atom. The lowest BCUT2D eigenvalue weighted by Gasteiger charge is -2.59. The molecule has 1 heterocycles. The number of hydrogen-bond donors (Lipinski definition) is 1. The molecule has 1 aliphatic heterocycles. The van der Waals surface area contributed by atoms with Crippen LogP contribution >= 0.6 is 0 Å². The Morgan fingerprint density at radius 2 is 1.88 bits per heavy atom. The van der Waals surface area contributed by atoms with Crippen molar-refractivity contribution in [2.75, 3.05) is 13.1 Å². The first-order valence-corrected chi connectivity index (χ1v) is 9.69. The third-order valence-corrected chi connectivity index (χ3v) is 6.81. The Kier molecular flexibility index (Phi) is 4.00. The van der Waals surface area contributed by atoms with Gasteiger partial charge in [-0.2, -0.15) is 0 Å². The quantitative estimate of drug-likeness (QED) is 0.790. The van der Waals surface area contributed by atoms with Crippen LogP contribution in [0.1, 0.15) is 58.8 Å². The zero-order valence-corrected chi connectivity index (χ0v) is 14.9. The van der Waals surface area contributed by atoms with Crippen molar-refractivity contribution in [2.45, 2.75) is 70.4 Å². The Bertz CT molecular complexity index is 519. The fourth-order valence-corrected chi connectivity index (χ4v) is 6.22. The maximum atomic E-state index is 12.7. The fraction of sp³-hybridized carbons (Fsp3) is 0.895. The number of hydrogen-bond acceptors (Lipinski definition) is 3. The maximum absolute atomic E-state index is 12.7. The van der Waals surface area contributed by atoms with E-state index in [1.54, 1.807) is 0 Å². The van der Waals surface area contributed by atoms with Crippen molar-refractivity contribution in [2.24, 2.45) is 23.7 Å². The number of carbonyl (C=O) groups excluding carboxylic acids is 2. The van der Waals surface area contributed by atoms with Crippen LogP contribution < -0.4 is 5.32 Å². The average molecular weight is 334 g/mol. The van der Waals surface area contributed by atoms with E-state index in [9.17, 15) is 9.59 Å².